The van der Waals surface area contributed by atoms with Gasteiger partial charge in [-0.25, -0.2) is 0 Å². The third-order valence-corrected chi connectivity index (χ3v) is 2.13. The lowest BCUT2D eigenvalue weighted by Crippen LogP contribution is -2.37. The summed E-state index contributed by atoms with van der Waals surface area (Å²) in [6.07, 6.45) is 0. The van der Waals surface area contributed by atoms with Crippen LogP contribution in [0.15, 0.2) is 0 Å². The number of amides is 1. The number of quaternary nitrogens is 1. The first kappa shape index (κ1) is 15.5. The minimum absolute atomic E-state index is 0.0702. The fraction of sp³-hybridized carbons (Fsp3) is 0.857. The fourth-order valence-corrected chi connectivity index (χ4v) is 1.42. The first-order chi connectivity index (χ1) is 7.16. The summed E-state index contributed by atoms with van der Waals surface area (Å²) >= 11 is 0. The average Bonchev–Trinajstić information content (AvgIpc) is 2.12. The predicted molar refractivity (Wildman–Crippen MR) is 54.7 cm³/mol. The molecule has 3 N–H and O–H groups in total. The molecule has 8 nitrogen and oxygen atoms in total. The predicted octanol–water partition coefficient (Wildman–Crippen LogP) is -1.82. The van der Waals surface area contributed by atoms with Crippen molar-refractivity contribution in [1.29, 1.82) is 0 Å². The van der Waals surface area contributed by atoms with Crippen LogP contribution in [0.5, 0.6) is 0 Å². The molecular weight excluding hydrogens is 237 g/mol. The van der Waals surface area contributed by atoms with Crippen molar-refractivity contribution in [3.8, 4) is 0 Å². The quantitative estimate of drug-likeness (QED) is 0.315. The van der Waals surface area contributed by atoms with Crippen LogP contribution in [0.2, 0.25) is 0 Å². The van der Waals surface area contributed by atoms with Crippen molar-refractivity contribution in [3.05, 3.63) is 0 Å². The van der Waals surface area contributed by atoms with Gasteiger partial charge in [-0.2, -0.15) is 0 Å². The molecule has 9 heteroatoms. The van der Waals surface area contributed by atoms with Crippen LogP contribution < -0.4 is 15.9 Å². The van der Waals surface area contributed by atoms with Crippen molar-refractivity contribution in [2.75, 3.05) is 41.1 Å². The first-order valence-electron chi connectivity index (χ1n) is 4.53. The highest BCUT2D eigenvalue weighted by Crippen LogP contribution is 2.38. The van der Waals surface area contributed by atoms with E-state index in [2.05, 4.69) is 14.4 Å². The molecule has 16 heavy (non-hydrogen) atoms. The van der Waals surface area contributed by atoms with Crippen LogP contribution in [0.3, 0.4) is 0 Å². The Labute approximate surface area is 94.5 Å². The summed E-state index contributed by atoms with van der Waals surface area (Å²) in [5.74, 6) is -0.618. The van der Waals surface area contributed by atoms with Crippen LogP contribution in [0.1, 0.15) is 0 Å². The Morgan fingerprint density at radius 1 is 1.44 bits per heavy atom. The molecule has 0 aliphatic carbocycles. The molecular formula is C7H18N3O5P. The summed E-state index contributed by atoms with van der Waals surface area (Å²) in [5, 5.41) is 2.18. The Balaban J connectivity index is 3.96. The molecule has 0 aromatic rings. The molecule has 0 saturated carbocycles. The number of hydrogen-bond acceptors (Lipinski definition) is 6. The van der Waals surface area contributed by atoms with Crippen LogP contribution in [0, 0.1) is 0 Å². The van der Waals surface area contributed by atoms with Crippen LogP contribution in [-0.4, -0.2) is 51.5 Å². The Morgan fingerprint density at radius 2 is 2.00 bits per heavy atom. The minimum atomic E-state index is -4.43. The maximum absolute atomic E-state index is 11.1. The van der Waals surface area contributed by atoms with Gasteiger partial charge in [0, 0.05) is 0 Å². The van der Waals surface area contributed by atoms with Gasteiger partial charge in [0.2, 0.25) is 5.91 Å². The van der Waals surface area contributed by atoms with Crippen LogP contribution in [-0.2, 0) is 18.4 Å². The van der Waals surface area contributed by atoms with Crippen molar-refractivity contribution in [3.63, 3.8) is 0 Å². The lowest BCUT2D eigenvalue weighted by Gasteiger charge is -2.28. The highest BCUT2D eigenvalue weighted by molar-refractivity contribution is 7.45. The summed E-state index contributed by atoms with van der Waals surface area (Å²) in [4.78, 5) is 22.0. The Morgan fingerprint density at radius 3 is 2.44 bits per heavy atom. The Kier molecular flexibility index (Phi) is 6.09. The number of nitrogens with two attached hydrogens (primary N) is 1. The van der Waals surface area contributed by atoms with Gasteiger partial charge >= 0.3 is 0 Å². The number of carbonyl (C=O) groups excluding carboxylic acids is 1. The molecule has 0 radical (unpaired) electrons. The van der Waals surface area contributed by atoms with Crippen LogP contribution >= 0.6 is 7.82 Å². The summed E-state index contributed by atoms with van der Waals surface area (Å²) in [6.45, 7) is -0.778. The van der Waals surface area contributed by atoms with E-state index in [0.717, 1.165) is 0 Å². The number of rotatable bonds is 7. The van der Waals surface area contributed by atoms with E-state index in [-0.39, 0.29) is 13.4 Å². The molecule has 0 aliphatic heterocycles. The monoisotopic (exact) mass is 255 g/mol. The zero-order chi connectivity index (χ0) is 12.8. The van der Waals surface area contributed by atoms with E-state index < -0.39 is 20.3 Å². The van der Waals surface area contributed by atoms with E-state index in [1.807, 2.05) is 0 Å². The van der Waals surface area contributed by atoms with Gasteiger partial charge in [0.05, 0.1) is 27.8 Å². The van der Waals surface area contributed by atoms with E-state index in [9.17, 15) is 14.3 Å². The summed E-state index contributed by atoms with van der Waals surface area (Å²) in [5.41, 5.74) is 5.02. The van der Waals surface area contributed by atoms with Gasteiger partial charge < -0.3 is 25.0 Å². The van der Waals surface area contributed by atoms with Crippen molar-refractivity contribution in [1.82, 2.24) is 5.32 Å². The van der Waals surface area contributed by atoms with Crippen molar-refractivity contribution in [2.24, 2.45) is 5.73 Å². The lowest BCUT2D eigenvalue weighted by atomic mass is 10.7. The molecule has 0 fully saturated rings. The fourth-order valence-electron chi connectivity index (χ4n) is 0.584. The number of nitrogens with one attached hydrogen (secondary N) is 1. The topological polar surface area (TPSA) is 114 Å². The Hall–Kier alpha value is -0.500. The SMILES string of the molecule is C[N+](C)(C)COP(=O)([O-])OCC(=O)NCN. The van der Waals surface area contributed by atoms with E-state index in [4.69, 9.17) is 5.73 Å². The van der Waals surface area contributed by atoms with Crippen molar-refractivity contribution < 1.29 is 27.8 Å². The van der Waals surface area contributed by atoms with Crippen molar-refractivity contribution in [2.45, 2.75) is 0 Å². The molecule has 0 saturated heterocycles. The van der Waals surface area contributed by atoms with Gasteiger partial charge in [0.15, 0.2) is 6.73 Å². The second-order valence-electron chi connectivity index (χ2n) is 4.07. The van der Waals surface area contributed by atoms with E-state index in [1.165, 1.54) is 0 Å². The Bertz CT molecular complexity index is 278. The lowest BCUT2D eigenvalue weighted by molar-refractivity contribution is -0.887. The molecule has 96 valence electrons. The standard InChI is InChI=1S/C7H18N3O5P/c1-10(2,3)6-15-16(12,13)14-4-7(11)9-5-8/h4-6,8H2,1-3H3,(H-,9,11,12,13). The molecule has 0 aromatic carbocycles. The molecule has 0 heterocycles. The third-order valence-electron chi connectivity index (χ3n) is 1.26. The number of phosphoric acid groups is 1. The van der Waals surface area contributed by atoms with E-state index in [0.29, 0.717) is 4.48 Å². The van der Waals surface area contributed by atoms with Crippen LogP contribution in [0.25, 0.3) is 0 Å². The highest BCUT2D eigenvalue weighted by atomic mass is 31.2. The second kappa shape index (κ2) is 6.29. The van der Waals surface area contributed by atoms with Gasteiger partial charge in [0.1, 0.15) is 6.61 Å². The first-order valence-corrected chi connectivity index (χ1v) is 6.00. The van der Waals surface area contributed by atoms with Gasteiger partial charge in [-0.15, -0.1) is 0 Å². The smallest absolute Gasteiger partial charge is 0.272 e. The van der Waals surface area contributed by atoms with Gasteiger partial charge in [-0.05, 0) is 0 Å². The zero-order valence-electron chi connectivity index (χ0n) is 9.63. The summed E-state index contributed by atoms with van der Waals surface area (Å²) in [7, 11) is 0.820. The average molecular weight is 255 g/mol. The van der Waals surface area contributed by atoms with E-state index in [1.54, 1.807) is 21.1 Å². The van der Waals surface area contributed by atoms with Crippen LogP contribution in [0.4, 0.5) is 0 Å². The molecule has 0 rings (SSSR count). The van der Waals surface area contributed by atoms with Crippen molar-refractivity contribution >= 4 is 13.7 Å². The normalized spacial score (nSPS) is 15.6. The highest BCUT2D eigenvalue weighted by Gasteiger charge is 2.16. The molecule has 0 aromatic heterocycles. The van der Waals surface area contributed by atoms with E-state index >= 15 is 0 Å². The number of carbonyl (C=O) groups is 1. The number of phosphoric ester groups is 1. The molecule has 0 aliphatic rings. The molecule has 0 spiro atoms. The zero-order valence-corrected chi connectivity index (χ0v) is 10.5. The minimum Gasteiger partial charge on any atom is -0.756 e. The molecule has 1 unspecified atom stereocenters. The summed E-state index contributed by atoms with van der Waals surface area (Å²) < 4.78 is 20.3. The summed E-state index contributed by atoms with van der Waals surface area (Å²) in [6, 6.07) is 0. The third kappa shape index (κ3) is 8.78. The molecule has 0 bridgehead atoms. The second-order valence-corrected chi connectivity index (χ2v) is 5.48. The maximum Gasteiger partial charge on any atom is 0.272 e. The molecule has 1 amide bonds. The maximum atomic E-state index is 11.1. The largest absolute Gasteiger partial charge is 0.756 e. The van der Waals surface area contributed by atoms with Gasteiger partial charge in [-0.3, -0.25) is 13.9 Å². The van der Waals surface area contributed by atoms with Gasteiger partial charge in [0.25, 0.3) is 7.82 Å². The van der Waals surface area contributed by atoms with Gasteiger partial charge in [-0.1, -0.05) is 0 Å². The number of hydrogen-bond donors (Lipinski definition) is 2. The number of nitrogens with zero attached hydrogens (tertiary/aromatic N) is 1. The molecule has 1 atom stereocenters.